The lowest BCUT2D eigenvalue weighted by Gasteiger charge is -2.29. The van der Waals surface area contributed by atoms with Crippen LogP contribution in [0, 0.1) is 0 Å². The maximum Gasteiger partial charge on any atom is 0.333 e. The van der Waals surface area contributed by atoms with Gasteiger partial charge in [0.15, 0.2) is 0 Å². The maximum atomic E-state index is 12.5. The van der Waals surface area contributed by atoms with Gasteiger partial charge in [0.05, 0.1) is 17.7 Å². The topological polar surface area (TPSA) is 49.9 Å². The smallest absolute Gasteiger partial charge is 0.333 e. The van der Waals surface area contributed by atoms with E-state index in [4.69, 9.17) is 4.74 Å². The quantitative estimate of drug-likeness (QED) is 0.585. The first-order valence-electron chi connectivity index (χ1n) is 7.28. The minimum atomic E-state index is -0.374. The van der Waals surface area contributed by atoms with E-state index in [0.29, 0.717) is 18.2 Å². The molecule has 0 aromatic heterocycles. The molecule has 0 bridgehead atoms. The van der Waals surface area contributed by atoms with Gasteiger partial charge in [-0.1, -0.05) is 18.2 Å². The second-order valence-corrected chi connectivity index (χ2v) is 5.98. The second kappa shape index (κ2) is 7.13. The summed E-state index contributed by atoms with van der Waals surface area (Å²) < 4.78 is 4.93. The highest BCUT2D eigenvalue weighted by atomic mass is 32.2. The molecule has 0 aliphatic carbocycles. The molecule has 2 fully saturated rings. The van der Waals surface area contributed by atoms with Crippen LogP contribution in [-0.4, -0.2) is 53.3 Å². The van der Waals surface area contributed by atoms with Crippen LogP contribution in [0.4, 0.5) is 0 Å². The maximum absolute atomic E-state index is 12.5. The fraction of sp³-hybridized carbons (Fsp3) is 0.714. The van der Waals surface area contributed by atoms with Gasteiger partial charge < -0.3 is 9.64 Å². The highest BCUT2D eigenvalue weighted by Crippen LogP contribution is 2.37. The zero-order chi connectivity index (χ0) is 14.5. The van der Waals surface area contributed by atoms with Crippen LogP contribution >= 0.6 is 11.8 Å². The van der Waals surface area contributed by atoms with E-state index in [1.54, 1.807) is 11.8 Å². The number of rotatable bonds is 4. The van der Waals surface area contributed by atoms with E-state index in [2.05, 4.69) is 4.90 Å². The summed E-state index contributed by atoms with van der Waals surface area (Å²) in [7, 11) is 0. The van der Waals surface area contributed by atoms with Gasteiger partial charge in [0.2, 0.25) is 0 Å². The Morgan fingerprint density at radius 2 is 2.05 bits per heavy atom. The number of esters is 1. The summed E-state index contributed by atoms with van der Waals surface area (Å²) in [6.07, 6.45) is 4.98. The summed E-state index contributed by atoms with van der Waals surface area (Å²) in [5.41, 5.74) is 0. The predicted molar refractivity (Wildman–Crippen MR) is 78.9 cm³/mol. The van der Waals surface area contributed by atoms with Gasteiger partial charge in [0.25, 0.3) is 5.91 Å². The van der Waals surface area contributed by atoms with Gasteiger partial charge in [-0.05, 0) is 39.8 Å². The van der Waals surface area contributed by atoms with E-state index >= 15 is 0 Å². The number of thioether (sulfide) groups is 1. The lowest BCUT2D eigenvalue weighted by atomic mass is 10.1. The van der Waals surface area contributed by atoms with E-state index in [-0.39, 0.29) is 17.3 Å². The average Bonchev–Trinajstić information content (AvgIpc) is 2.76. The largest absolute Gasteiger partial charge is 0.463 e. The van der Waals surface area contributed by atoms with E-state index < -0.39 is 0 Å². The van der Waals surface area contributed by atoms with Gasteiger partial charge in [-0.25, -0.2) is 4.79 Å². The van der Waals surface area contributed by atoms with Gasteiger partial charge in [-0.2, -0.15) is 0 Å². The highest BCUT2D eigenvalue weighted by molar-refractivity contribution is 8.04. The number of nitrogens with zero attached hydrogens (tertiary/aromatic N) is 2. The van der Waals surface area contributed by atoms with E-state index in [1.165, 1.54) is 24.3 Å². The Hall–Kier alpha value is -1.01. The standard InChI is InChI=1S/C14H22N2O3S/c1-3-16-11(10-12(17)19-4-2)20-14(13(16)18)15-8-6-5-7-9-15/h10,14H,3-9H2,1-2H3/b11-10+/t14-/m0/s1. The molecule has 0 N–H and O–H groups in total. The van der Waals surface area contributed by atoms with Crippen LogP contribution in [0.1, 0.15) is 33.1 Å². The molecule has 1 amide bonds. The van der Waals surface area contributed by atoms with Crippen molar-refractivity contribution >= 4 is 23.6 Å². The van der Waals surface area contributed by atoms with Crippen molar-refractivity contribution in [3.63, 3.8) is 0 Å². The first-order valence-corrected chi connectivity index (χ1v) is 8.15. The number of hydrogen-bond acceptors (Lipinski definition) is 5. The van der Waals surface area contributed by atoms with Crippen molar-refractivity contribution in [1.29, 1.82) is 0 Å². The molecule has 5 nitrogen and oxygen atoms in total. The van der Waals surface area contributed by atoms with Gasteiger partial charge in [0.1, 0.15) is 5.37 Å². The number of amides is 1. The SMILES string of the molecule is CCOC(=O)/C=C1/S[C@H](N2CCCCC2)C(=O)N1CC. The Kier molecular flexibility index (Phi) is 5.48. The summed E-state index contributed by atoms with van der Waals surface area (Å²) in [5, 5.41) is 0.544. The van der Waals surface area contributed by atoms with E-state index in [0.717, 1.165) is 25.9 Å². The molecule has 2 saturated heterocycles. The Morgan fingerprint density at radius 3 is 2.65 bits per heavy atom. The molecule has 0 unspecified atom stereocenters. The molecule has 0 saturated carbocycles. The van der Waals surface area contributed by atoms with Crippen molar-refractivity contribution in [1.82, 2.24) is 9.80 Å². The number of likely N-dealkylation sites (tertiary alicyclic amines) is 1. The fourth-order valence-electron chi connectivity index (χ4n) is 2.56. The van der Waals surface area contributed by atoms with Crippen molar-refractivity contribution in [3.8, 4) is 0 Å². The molecule has 2 aliphatic heterocycles. The Bertz CT molecular complexity index is 405. The molecule has 20 heavy (non-hydrogen) atoms. The third-order valence-corrected chi connectivity index (χ3v) is 4.84. The highest BCUT2D eigenvalue weighted by Gasteiger charge is 2.40. The molecule has 0 radical (unpaired) electrons. The van der Waals surface area contributed by atoms with Crippen LogP contribution in [0.2, 0.25) is 0 Å². The molecule has 1 atom stereocenters. The summed E-state index contributed by atoms with van der Waals surface area (Å²) in [4.78, 5) is 28.0. The molecule has 0 aromatic carbocycles. The lowest BCUT2D eigenvalue weighted by molar-refractivity contribution is -0.137. The summed E-state index contributed by atoms with van der Waals surface area (Å²) in [6, 6.07) is 0. The van der Waals surface area contributed by atoms with Crippen molar-refractivity contribution in [2.24, 2.45) is 0 Å². The summed E-state index contributed by atoms with van der Waals surface area (Å²) >= 11 is 1.47. The van der Waals surface area contributed by atoms with E-state index in [9.17, 15) is 9.59 Å². The van der Waals surface area contributed by atoms with Crippen molar-refractivity contribution < 1.29 is 14.3 Å². The van der Waals surface area contributed by atoms with Crippen LogP contribution in [0.5, 0.6) is 0 Å². The lowest BCUT2D eigenvalue weighted by Crippen LogP contribution is -2.43. The third-order valence-electron chi connectivity index (χ3n) is 3.54. The summed E-state index contributed by atoms with van der Waals surface area (Å²) in [5.74, 6) is -0.282. The molecule has 2 rings (SSSR count). The van der Waals surface area contributed by atoms with Gasteiger partial charge in [0, 0.05) is 6.54 Å². The number of carbonyl (C=O) groups is 2. The van der Waals surface area contributed by atoms with Crippen LogP contribution in [-0.2, 0) is 14.3 Å². The van der Waals surface area contributed by atoms with Crippen molar-refractivity contribution in [3.05, 3.63) is 11.1 Å². The van der Waals surface area contributed by atoms with Gasteiger partial charge >= 0.3 is 5.97 Å². The second-order valence-electron chi connectivity index (χ2n) is 4.88. The fourth-order valence-corrected chi connectivity index (χ4v) is 3.89. The number of likely N-dealkylation sites (N-methyl/N-ethyl adjacent to an activating group) is 1. The monoisotopic (exact) mass is 298 g/mol. The molecule has 0 spiro atoms. The van der Waals surface area contributed by atoms with Crippen molar-refractivity contribution in [2.45, 2.75) is 38.5 Å². The zero-order valence-electron chi connectivity index (χ0n) is 12.1. The average molecular weight is 298 g/mol. The Balaban J connectivity index is 2.10. The first kappa shape index (κ1) is 15.4. The molecular formula is C14H22N2O3S. The molecule has 2 heterocycles. The molecular weight excluding hydrogens is 276 g/mol. The number of hydrogen-bond donors (Lipinski definition) is 0. The number of piperidine rings is 1. The molecule has 6 heteroatoms. The summed E-state index contributed by atoms with van der Waals surface area (Å²) in [6.45, 7) is 6.57. The number of carbonyl (C=O) groups excluding carboxylic acids is 2. The minimum Gasteiger partial charge on any atom is -0.463 e. The molecule has 2 aliphatic rings. The predicted octanol–water partition coefficient (Wildman–Crippen LogP) is 1.80. The van der Waals surface area contributed by atoms with Crippen LogP contribution in [0.25, 0.3) is 0 Å². The third kappa shape index (κ3) is 3.35. The zero-order valence-corrected chi connectivity index (χ0v) is 12.9. The van der Waals surface area contributed by atoms with Gasteiger partial charge in [-0.3, -0.25) is 9.69 Å². The minimum absolute atomic E-state index is 0.0925. The number of ether oxygens (including phenoxy) is 1. The van der Waals surface area contributed by atoms with Crippen LogP contribution in [0.3, 0.4) is 0 Å². The molecule has 112 valence electrons. The normalized spacial score (nSPS) is 26.3. The first-order chi connectivity index (χ1) is 9.67. The van der Waals surface area contributed by atoms with Crippen molar-refractivity contribution in [2.75, 3.05) is 26.2 Å². The Labute approximate surface area is 124 Å². The Morgan fingerprint density at radius 1 is 1.35 bits per heavy atom. The van der Waals surface area contributed by atoms with Gasteiger partial charge in [-0.15, -0.1) is 0 Å². The van der Waals surface area contributed by atoms with E-state index in [1.807, 2.05) is 6.92 Å². The molecule has 0 aromatic rings. The van der Waals surface area contributed by atoms with Crippen LogP contribution < -0.4 is 0 Å². The van der Waals surface area contributed by atoms with Crippen LogP contribution in [0.15, 0.2) is 11.1 Å².